The molecule has 3 aromatic heterocycles. The third kappa shape index (κ3) is 2.50. The minimum Gasteiger partial charge on any atom is -0.355 e. The molecule has 0 radical (unpaired) electrons. The largest absolute Gasteiger partial charge is 0.355 e. The molecule has 1 fully saturated rings. The molecule has 0 spiro atoms. The van der Waals surface area contributed by atoms with Gasteiger partial charge < -0.3 is 10.2 Å². The monoisotopic (exact) mass is 341 g/mol. The molecular weight excluding hydrogens is 322 g/mol. The Balaban J connectivity index is 1.88. The minimum absolute atomic E-state index is 0.0337. The molecule has 0 saturated carbocycles. The summed E-state index contributed by atoms with van der Waals surface area (Å²) in [6.07, 6.45) is 4.70. The third-order valence-corrected chi connectivity index (χ3v) is 5.33. The van der Waals surface area contributed by atoms with E-state index in [9.17, 15) is 4.79 Å². The van der Waals surface area contributed by atoms with E-state index in [1.807, 2.05) is 42.2 Å². The minimum atomic E-state index is 0.0337. The van der Waals surface area contributed by atoms with Crippen molar-refractivity contribution in [2.45, 2.75) is 19.4 Å². The number of nitrogens with one attached hydrogen (secondary N) is 1. The van der Waals surface area contributed by atoms with Crippen molar-refractivity contribution in [3.63, 3.8) is 0 Å². The van der Waals surface area contributed by atoms with Crippen LogP contribution < -0.4 is 15.6 Å². The Morgan fingerprint density at radius 2 is 2.25 bits per heavy atom. The Labute approximate surface area is 143 Å². The Bertz CT molecular complexity index is 934. The van der Waals surface area contributed by atoms with E-state index in [4.69, 9.17) is 4.98 Å². The number of aryl methyl sites for hydroxylation is 1. The lowest BCUT2D eigenvalue weighted by atomic mass is 10.2. The number of likely N-dealkylation sites (N-methyl/N-ethyl adjacent to an activating group) is 1. The van der Waals surface area contributed by atoms with Crippen LogP contribution in [0.5, 0.6) is 0 Å². The first-order valence-electron chi connectivity index (χ1n) is 8.02. The lowest BCUT2D eigenvalue weighted by Gasteiger charge is -2.18. The number of fused-ring (bicyclic) bond motifs is 1. The summed E-state index contributed by atoms with van der Waals surface area (Å²) in [5, 5.41) is 6.70. The molecule has 1 aliphatic heterocycles. The quantitative estimate of drug-likeness (QED) is 0.789. The molecular formula is C17H19N5OS. The SMILES string of the molecule is CN[C@@H]1CCN(c2ccc3c(=O)c(C)cn(-c4nccs4)c3n2)C1. The van der Waals surface area contributed by atoms with E-state index in [1.54, 1.807) is 6.20 Å². The van der Waals surface area contributed by atoms with Crippen LogP contribution in [0.3, 0.4) is 0 Å². The van der Waals surface area contributed by atoms with Crippen LogP contribution in [0.1, 0.15) is 12.0 Å². The molecule has 0 aromatic carbocycles. The molecule has 1 aliphatic rings. The average Bonchev–Trinajstić information content (AvgIpc) is 3.29. The first-order chi connectivity index (χ1) is 11.7. The number of aromatic nitrogens is 3. The van der Waals surface area contributed by atoms with Gasteiger partial charge in [0.25, 0.3) is 0 Å². The van der Waals surface area contributed by atoms with Crippen LogP contribution in [-0.2, 0) is 0 Å². The summed E-state index contributed by atoms with van der Waals surface area (Å²) in [6, 6.07) is 4.33. The predicted octanol–water partition coefficient (Wildman–Crippen LogP) is 1.95. The number of nitrogens with zero attached hydrogens (tertiary/aromatic N) is 4. The summed E-state index contributed by atoms with van der Waals surface area (Å²) in [7, 11) is 1.99. The zero-order valence-corrected chi connectivity index (χ0v) is 14.5. The van der Waals surface area contributed by atoms with Crippen LogP contribution in [0.2, 0.25) is 0 Å². The van der Waals surface area contributed by atoms with Crippen molar-refractivity contribution >= 4 is 28.2 Å². The van der Waals surface area contributed by atoms with Gasteiger partial charge in [0.1, 0.15) is 5.82 Å². The standard InChI is InChI=1S/C17H19N5OS/c1-11-9-22(17-19-6-8-24-17)16-13(15(11)23)3-4-14(20-16)21-7-5-12(10-21)18-2/h3-4,6,8-9,12,18H,5,7,10H2,1-2H3/t12-/m1/s1. The highest BCUT2D eigenvalue weighted by molar-refractivity contribution is 7.12. The van der Waals surface area contributed by atoms with Crippen molar-refractivity contribution in [2.75, 3.05) is 25.0 Å². The predicted molar refractivity (Wildman–Crippen MR) is 97.4 cm³/mol. The maximum absolute atomic E-state index is 12.5. The van der Waals surface area contributed by atoms with Crippen LogP contribution in [0.25, 0.3) is 16.2 Å². The first kappa shape index (κ1) is 15.3. The van der Waals surface area contributed by atoms with Gasteiger partial charge in [-0.15, -0.1) is 11.3 Å². The van der Waals surface area contributed by atoms with Gasteiger partial charge in [-0.1, -0.05) is 0 Å². The van der Waals surface area contributed by atoms with Crippen LogP contribution >= 0.6 is 11.3 Å². The maximum Gasteiger partial charge on any atom is 0.195 e. The van der Waals surface area contributed by atoms with Gasteiger partial charge >= 0.3 is 0 Å². The molecule has 1 atom stereocenters. The van der Waals surface area contributed by atoms with Gasteiger partial charge in [-0.2, -0.15) is 0 Å². The van der Waals surface area contributed by atoms with Gasteiger partial charge in [0, 0.05) is 42.5 Å². The van der Waals surface area contributed by atoms with E-state index >= 15 is 0 Å². The fraction of sp³-hybridized carbons (Fsp3) is 0.353. The lowest BCUT2D eigenvalue weighted by Crippen LogP contribution is -2.30. The molecule has 7 heteroatoms. The van der Waals surface area contributed by atoms with Crippen LogP contribution in [0.15, 0.2) is 34.7 Å². The Morgan fingerprint density at radius 3 is 2.96 bits per heavy atom. The number of hydrogen-bond acceptors (Lipinski definition) is 6. The van der Waals surface area contributed by atoms with E-state index in [-0.39, 0.29) is 5.43 Å². The normalized spacial score (nSPS) is 17.8. The molecule has 6 nitrogen and oxygen atoms in total. The highest BCUT2D eigenvalue weighted by Crippen LogP contribution is 2.23. The number of pyridine rings is 2. The molecule has 4 heterocycles. The molecule has 0 aliphatic carbocycles. The van der Waals surface area contributed by atoms with Crippen molar-refractivity contribution in [2.24, 2.45) is 0 Å². The van der Waals surface area contributed by atoms with E-state index in [1.165, 1.54) is 11.3 Å². The van der Waals surface area contributed by atoms with Crippen molar-refractivity contribution in [3.05, 3.63) is 45.7 Å². The lowest BCUT2D eigenvalue weighted by molar-refractivity contribution is 0.616. The van der Waals surface area contributed by atoms with Crippen LogP contribution in [0.4, 0.5) is 5.82 Å². The second kappa shape index (κ2) is 5.99. The summed E-state index contributed by atoms with van der Waals surface area (Å²) in [5.41, 5.74) is 1.40. The number of hydrogen-bond donors (Lipinski definition) is 1. The van der Waals surface area contributed by atoms with E-state index in [0.29, 0.717) is 22.6 Å². The number of thiazole rings is 1. The summed E-state index contributed by atoms with van der Waals surface area (Å²) >= 11 is 1.53. The van der Waals surface area contributed by atoms with Gasteiger partial charge in [-0.25, -0.2) is 9.97 Å². The Hall–Kier alpha value is -2.25. The summed E-state index contributed by atoms with van der Waals surface area (Å²) < 4.78 is 1.92. The molecule has 0 bridgehead atoms. The molecule has 1 N–H and O–H groups in total. The fourth-order valence-corrected chi connectivity index (χ4v) is 3.80. The van der Waals surface area contributed by atoms with Gasteiger partial charge in [-0.3, -0.25) is 9.36 Å². The fourth-order valence-electron chi connectivity index (χ4n) is 3.19. The van der Waals surface area contributed by atoms with Crippen LogP contribution in [-0.4, -0.2) is 40.7 Å². The number of anilines is 1. The Kier molecular flexibility index (Phi) is 3.82. The molecule has 124 valence electrons. The second-order valence-electron chi connectivity index (χ2n) is 6.09. The highest BCUT2D eigenvalue weighted by Gasteiger charge is 2.23. The van der Waals surface area contributed by atoms with Crippen molar-refractivity contribution in [1.82, 2.24) is 19.9 Å². The first-order valence-corrected chi connectivity index (χ1v) is 8.90. The van der Waals surface area contributed by atoms with Gasteiger partial charge in [-0.05, 0) is 32.5 Å². The maximum atomic E-state index is 12.5. The molecule has 0 amide bonds. The summed E-state index contributed by atoms with van der Waals surface area (Å²) in [5.74, 6) is 0.911. The van der Waals surface area contributed by atoms with E-state index in [2.05, 4.69) is 15.2 Å². The topological polar surface area (TPSA) is 63.1 Å². The summed E-state index contributed by atoms with van der Waals surface area (Å²) in [4.78, 5) is 23.9. The van der Waals surface area contributed by atoms with E-state index in [0.717, 1.165) is 30.5 Å². The molecule has 1 saturated heterocycles. The zero-order valence-electron chi connectivity index (χ0n) is 13.7. The van der Waals surface area contributed by atoms with Gasteiger partial charge in [0.05, 0.1) is 5.39 Å². The van der Waals surface area contributed by atoms with Gasteiger partial charge in [0.2, 0.25) is 0 Å². The zero-order chi connectivity index (χ0) is 16.7. The van der Waals surface area contributed by atoms with Crippen molar-refractivity contribution in [3.8, 4) is 5.13 Å². The molecule has 4 rings (SSSR count). The smallest absolute Gasteiger partial charge is 0.195 e. The van der Waals surface area contributed by atoms with E-state index < -0.39 is 0 Å². The van der Waals surface area contributed by atoms with Crippen molar-refractivity contribution < 1.29 is 0 Å². The molecule has 3 aromatic rings. The summed E-state index contributed by atoms with van der Waals surface area (Å²) in [6.45, 7) is 3.73. The number of rotatable bonds is 3. The molecule has 0 unspecified atom stereocenters. The van der Waals surface area contributed by atoms with Crippen LogP contribution in [0, 0.1) is 6.92 Å². The molecule has 24 heavy (non-hydrogen) atoms. The third-order valence-electron chi connectivity index (χ3n) is 4.56. The van der Waals surface area contributed by atoms with Gasteiger partial charge in [0.15, 0.2) is 16.2 Å². The Morgan fingerprint density at radius 1 is 1.38 bits per heavy atom. The average molecular weight is 341 g/mol. The van der Waals surface area contributed by atoms with Crippen molar-refractivity contribution in [1.29, 1.82) is 0 Å². The second-order valence-corrected chi connectivity index (χ2v) is 6.96. The highest BCUT2D eigenvalue weighted by atomic mass is 32.1.